The van der Waals surface area contributed by atoms with Crippen molar-refractivity contribution in [3.05, 3.63) is 65.2 Å². The molecule has 2 atom stereocenters. The quantitative estimate of drug-likeness (QED) is 0.909. The maximum atomic E-state index is 12.5. The Morgan fingerprint density at radius 2 is 2.00 bits per heavy atom. The molecule has 1 aliphatic carbocycles. The van der Waals surface area contributed by atoms with Crippen LogP contribution in [0.1, 0.15) is 40.2 Å². The summed E-state index contributed by atoms with van der Waals surface area (Å²) in [5.41, 5.74) is 10.3. The molecule has 0 radical (unpaired) electrons. The Hall–Kier alpha value is -2.66. The predicted octanol–water partition coefficient (Wildman–Crippen LogP) is 2.88. The summed E-state index contributed by atoms with van der Waals surface area (Å²) < 4.78 is 0. The van der Waals surface area contributed by atoms with E-state index in [0.717, 1.165) is 29.8 Å². The number of hydrogen-bond donors (Lipinski definition) is 2. The van der Waals surface area contributed by atoms with Gasteiger partial charge in [0.1, 0.15) is 6.61 Å². The Morgan fingerprint density at radius 3 is 2.67 bits per heavy atom. The van der Waals surface area contributed by atoms with Crippen LogP contribution in [0, 0.1) is 0 Å². The van der Waals surface area contributed by atoms with Gasteiger partial charge in [-0.3, -0.25) is 4.79 Å². The number of nitrogens with two attached hydrogens (primary N) is 1. The molecule has 3 N–H and O–H groups in total. The van der Waals surface area contributed by atoms with Gasteiger partial charge in [0.2, 0.25) is 0 Å². The Bertz CT molecular complexity index is 799. The highest BCUT2D eigenvalue weighted by molar-refractivity contribution is 6.07. The van der Waals surface area contributed by atoms with E-state index in [1.54, 1.807) is 6.07 Å². The van der Waals surface area contributed by atoms with Crippen molar-refractivity contribution in [2.75, 3.05) is 11.9 Å². The van der Waals surface area contributed by atoms with Crippen LogP contribution in [0.2, 0.25) is 0 Å². The largest absolute Gasteiger partial charge is 0.395 e. The molecule has 1 saturated carbocycles. The van der Waals surface area contributed by atoms with Crippen LogP contribution >= 0.6 is 0 Å². The van der Waals surface area contributed by atoms with Crippen molar-refractivity contribution in [1.29, 1.82) is 0 Å². The second-order valence-electron chi connectivity index (χ2n) is 6.28. The molecule has 2 aromatic rings. The molecule has 2 aliphatic rings. The standard InChI is InChI=1S/C19H19N3O2/c20-17-11-16(17)12-4-6-15(7-5-12)21-19(23)14-3-1-2-13(10-14)18-8-9-24-22-18/h1-7,10,16-17H,8-9,11,20H2,(H,21,23)/t16-,17+/m1/s1. The van der Waals surface area contributed by atoms with Crippen molar-refractivity contribution in [3.8, 4) is 0 Å². The first-order valence-corrected chi connectivity index (χ1v) is 8.17. The first-order valence-electron chi connectivity index (χ1n) is 8.17. The summed E-state index contributed by atoms with van der Waals surface area (Å²) in [6, 6.07) is 15.7. The number of hydrogen-bond acceptors (Lipinski definition) is 4. The lowest BCUT2D eigenvalue weighted by atomic mass is 10.0. The van der Waals surface area contributed by atoms with E-state index >= 15 is 0 Å². The van der Waals surface area contributed by atoms with E-state index in [2.05, 4.69) is 10.5 Å². The molecular formula is C19H19N3O2. The molecule has 0 saturated heterocycles. The topological polar surface area (TPSA) is 76.7 Å². The maximum absolute atomic E-state index is 12.5. The number of nitrogens with zero attached hydrogens (tertiary/aromatic N) is 1. The Labute approximate surface area is 140 Å². The van der Waals surface area contributed by atoms with Crippen molar-refractivity contribution >= 4 is 17.3 Å². The van der Waals surface area contributed by atoms with Gasteiger partial charge in [0.25, 0.3) is 5.91 Å². The fourth-order valence-electron chi connectivity index (χ4n) is 2.96. The van der Waals surface area contributed by atoms with Crippen LogP contribution in [-0.4, -0.2) is 24.3 Å². The molecule has 4 rings (SSSR count). The van der Waals surface area contributed by atoms with Crippen LogP contribution in [-0.2, 0) is 4.84 Å². The predicted molar refractivity (Wildman–Crippen MR) is 93.3 cm³/mol. The number of rotatable bonds is 4. The molecule has 1 fully saturated rings. The van der Waals surface area contributed by atoms with Gasteiger partial charge < -0.3 is 15.9 Å². The summed E-state index contributed by atoms with van der Waals surface area (Å²) in [4.78, 5) is 17.5. The summed E-state index contributed by atoms with van der Waals surface area (Å²) in [5.74, 6) is 0.341. The first kappa shape index (κ1) is 14.9. The number of benzene rings is 2. The Morgan fingerprint density at radius 1 is 1.21 bits per heavy atom. The highest BCUT2D eigenvalue weighted by Crippen LogP contribution is 2.39. The van der Waals surface area contributed by atoms with E-state index in [1.807, 2.05) is 42.5 Å². The summed E-state index contributed by atoms with van der Waals surface area (Å²) in [7, 11) is 0. The van der Waals surface area contributed by atoms with Crippen molar-refractivity contribution in [3.63, 3.8) is 0 Å². The molecule has 122 valence electrons. The third-order valence-electron chi connectivity index (χ3n) is 4.50. The third kappa shape index (κ3) is 3.03. The van der Waals surface area contributed by atoms with Gasteiger partial charge in [0.15, 0.2) is 0 Å². The van der Waals surface area contributed by atoms with Gasteiger partial charge in [0, 0.05) is 35.2 Å². The van der Waals surface area contributed by atoms with Gasteiger partial charge in [-0.1, -0.05) is 29.4 Å². The molecule has 24 heavy (non-hydrogen) atoms. The maximum Gasteiger partial charge on any atom is 0.255 e. The zero-order chi connectivity index (χ0) is 16.5. The summed E-state index contributed by atoms with van der Waals surface area (Å²) in [5, 5.41) is 6.94. The highest BCUT2D eigenvalue weighted by atomic mass is 16.6. The zero-order valence-electron chi connectivity index (χ0n) is 13.2. The van der Waals surface area contributed by atoms with E-state index in [4.69, 9.17) is 10.6 Å². The molecule has 5 heteroatoms. The van der Waals surface area contributed by atoms with Crippen molar-refractivity contribution < 1.29 is 9.63 Å². The lowest BCUT2D eigenvalue weighted by molar-refractivity contribution is 0.102. The average Bonchev–Trinajstić information content (AvgIpc) is 3.11. The Kier molecular flexibility index (Phi) is 3.78. The first-order chi connectivity index (χ1) is 11.7. The number of carbonyl (C=O) groups is 1. The second kappa shape index (κ2) is 6.09. The minimum absolute atomic E-state index is 0.132. The Balaban J connectivity index is 1.46. The van der Waals surface area contributed by atoms with Gasteiger partial charge in [-0.15, -0.1) is 0 Å². The highest BCUT2D eigenvalue weighted by Gasteiger charge is 2.34. The summed E-state index contributed by atoms with van der Waals surface area (Å²) in [6.45, 7) is 0.600. The fraction of sp³-hybridized carbons (Fsp3) is 0.263. The number of anilines is 1. The van der Waals surface area contributed by atoms with Crippen LogP contribution in [0.25, 0.3) is 0 Å². The lowest BCUT2D eigenvalue weighted by Crippen LogP contribution is -2.12. The zero-order valence-corrected chi connectivity index (χ0v) is 13.2. The van der Waals surface area contributed by atoms with E-state index in [0.29, 0.717) is 18.1 Å². The molecule has 5 nitrogen and oxygen atoms in total. The van der Waals surface area contributed by atoms with E-state index in [9.17, 15) is 4.79 Å². The van der Waals surface area contributed by atoms with Crippen molar-refractivity contribution in [2.24, 2.45) is 10.9 Å². The lowest BCUT2D eigenvalue weighted by Gasteiger charge is -2.08. The van der Waals surface area contributed by atoms with E-state index < -0.39 is 0 Å². The van der Waals surface area contributed by atoms with Gasteiger partial charge in [-0.2, -0.15) is 0 Å². The van der Waals surface area contributed by atoms with Crippen LogP contribution in [0.15, 0.2) is 53.7 Å². The molecule has 0 spiro atoms. The molecule has 1 heterocycles. The third-order valence-corrected chi connectivity index (χ3v) is 4.50. The van der Waals surface area contributed by atoms with Crippen LogP contribution in [0.3, 0.4) is 0 Å². The molecule has 2 aromatic carbocycles. The summed E-state index contributed by atoms with van der Waals surface area (Å²) in [6.07, 6.45) is 1.82. The van der Waals surface area contributed by atoms with E-state index in [1.165, 1.54) is 5.56 Å². The molecule has 0 aromatic heterocycles. The number of carbonyl (C=O) groups excluding carboxylic acids is 1. The SMILES string of the molecule is N[C@H]1C[C@@H]1c1ccc(NC(=O)c2cccc(C3=NOCC3)c2)cc1. The minimum Gasteiger partial charge on any atom is -0.395 e. The van der Waals surface area contributed by atoms with Gasteiger partial charge in [0.05, 0.1) is 5.71 Å². The minimum atomic E-state index is -0.132. The average molecular weight is 321 g/mol. The summed E-state index contributed by atoms with van der Waals surface area (Å²) >= 11 is 0. The molecular weight excluding hydrogens is 302 g/mol. The van der Waals surface area contributed by atoms with Gasteiger partial charge in [-0.25, -0.2) is 0 Å². The van der Waals surface area contributed by atoms with Crippen LogP contribution in [0.4, 0.5) is 5.69 Å². The van der Waals surface area contributed by atoms with Gasteiger partial charge in [-0.05, 0) is 36.2 Å². The number of amides is 1. The second-order valence-corrected chi connectivity index (χ2v) is 6.28. The van der Waals surface area contributed by atoms with Gasteiger partial charge >= 0.3 is 0 Å². The normalized spacial score (nSPS) is 21.8. The molecule has 0 unspecified atom stereocenters. The van der Waals surface area contributed by atoms with Crippen LogP contribution < -0.4 is 11.1 Å². The molecule has 0 bridgehead atoms. The van der Waals surface area contributed by atoms with E-state index in [-0.39, 0.29) is 11.9 Å². The van der Waals surface area contributed by atoms with Crippen molar-refractivity contribution in [1.82, 2.24) is 0 Å². The molecule has 1 aliphatic heterocycles. The monoisotopic (exact) mass is 321 g/mol. The fourth-order valence-corrected chi connectivity index (χ4v) is 2.96. The molecule has 1 amide bonds. The van der Waals surface area contributed by atoms with Crippen LogP contribution in [0.5, 0.6) is 0 Å². The number of oxime groups is 1. The van der Waals surface area contributed by atoms with Crippen molar-refractivity contribution in [2.45, 2.75) is 24.8 Å². The number of nitrogens with one attached hydrogen (secondary N) is 1. The smallest absolute Gasteiger partial charge is 0.255 e.